The number of fused-ring (bicyclic) bond motifs is 1. The number of alkyl halides is 4. The fourth-order valence-corrected chi connectivity index (χ4v) is 3.27. The maximum absolute atomic E-state index is 13.6. The summed E-state index contributed by atoms with van der Waals surface area (Å²) in [6, 6.07) is 7.81. The van der Waals surface area contributed by atoms with E-state index in [2.05, 4.69) is 15.4 Å². The molecule has 1 N–H and O–H groups in total. The minimum Gasteiger partial charge on any atom is -0.332 e. The molecule has 0 saturated heterocycles. The predicted molar refractivity (Wildman–Crippen MR) is 102 cm³/mol. The Kier molecular flexibility index (Phi) is 5.11. The van der Waals surface area contributed by atoms with Crippen LogP contribution in [0, 0.1) is 0 Å². The normalized spacial score (nSPS) is 18.1. The standard InChI is InChI=1S/C20H17F4N5O2/c1-28(10-17(30)26-19-25-16-4-2-3-7-29(16)27-19)18(31)12-6-5-11(20(22,23)24)8-13(12)14-9-15(14)21/h2-8,14-15H,9-10H2,1H3,(H,26,27,30)/t14-,15+/m0/s1. The summed E-state index contributed by atoms with van der Waals surface area (Å²) in [6.07, 6.45) is -4.19. The number of rotatable bonds is 5. The predicted octanol–water partition coefficient (Wildman–Crippen LogP) is 3.28. The highest BCUT2D eigenvalue weighted by atomic mass is 19.4. The minimum absolute atomic E-state index is 0.00148. The molecule has 1 aliphatic rings. The van der Waals surface area contributed by atoms with E-state index in [9.17, 15) is 27.2 Å². The second kappa shape index (κ2) is 7.64. The van der Waals surface area contributed by atoms with E-state index in [1.807, 2.05) is 0 Å². The van der Waals surface area contributed by atoms with Gasteiger partial charge in [-0.25, -0.2) is 8.91 Å². The molecule has 162 valence electrons. The first-order valence-corrected chi connectivity index (χ1v) is 9.35. The molecule has 2 aromatic heterocycles. The Bertz CT molecular complexity index is 1130. The third-order valence-electron chi connectivity index (χ3n) is 4.94. The van der Waals surface area contributed by atoms with Crippen molar-refractivity contribution < 1.29 is 27.2 Å². The van der Waals surface area contributed by atoms with E-state index in [1.54, 1.807) is 24.4 Å². The number of amides is 2. The van der Waals surface area contributed by atoms with Crippen LogP contribution in [0.15, 0.2) is 42.6 Å². The molecule has 1 fully saturated rings. The molecule has 11 heteroatoms. The van der Waals surface area contributed by atoms with Crippen molar-refractivity contribution in [2.24, 2.45) is 0 Å². The monoisotopic (exact) mass is 435 g/mol. The van der Waals surface area contributed by atoms with Crippen molar-refractivity contribution >= 4 is 23.4 Å². The summed E-state index contributed by atoms with van der Waals surface area (Å²) >= 11 is 0. The van der Waals surface area contributed by atoms with Gasteiger partial charge in [0, 0.05) is 24.7 Å². The molecule has 1 aromatic carbocycles. The van der Waals surface area contributed by atoms with Gasteiger partial charge < -0.3 is 4.90 Å². The van der Waals surface area contributed by atoms with Crippen molar-refractivity contribution in [2.75, 3.05) is 18.9 Å². The molecule has 0 radical (unpaired) electrons. The number of benzene rings is 1. The molecule has 0 bridgehead atoms. The molecule has 1 aliphatic carbocycles. The van der Waals surface area contributed by atoms with E-state index >= 15 is 0 Å². The average molecular weight is 435 g/mol. The number of hydrogen-bond acceptors (Lipinski definition) is 4. The summed E-state index contributed by atoms with van der Waals surface area (Å²) in [5, 5.41) is 6.54. The Morgan fingerprint density at radius 1 is 1.26 bits per heavy atom. The van der Waals surface area contributed by atoms with E-state index in [0.717, 1.165) is 23.1 Å². The second-order valence-corrected chi connectivity index (χ2v) is 7.31. The molecule has 2 amide bonds. The number of hydrogen-bond donors (Lipinski definition) is 1. The maximum atomic E-state index is 13.6. The van der Waals surface area contributed by atoms with Gasteiger partial charge >= 0.3 is 6.18 Å². The van der Waals surface area contributed by atoms with Crippen LogP contribution in [-0.4, -0.2) is 51.1 Å². The third kappa shape index (κ3) is 4.35. The van der Waals surface area contributed by atoms with Crippen LogP contribution in [0.4, 0.5) is 23.5 Å². The Morgan fingerprint density at radius 3 is 2.65 bits per heavy atom. The zero-order valence-electron chi connectivity index (χ0n) is 16.2. The van der Waals surface area contributed by atoms with Crippen molar-refractivity contribution in [2.45, 2.75) is 24.7 Å². The molecule has 2 atom stereocenters. The van der Waals surface area contributed by atoms with E-state index in [-0.39, 0.29) is 23.5 Å². The van der Waals surface area contributed by atoms with E-state index in [1.165, 1.54) is 11.6 Å². The van der Waals surface area contributed by atoms with Crippen LogP contribution in [-0.2, 0) is 11.0 Å². The van der Waals surface area contributed by atoms with E-state index in [0.29, 0.717) is 5.65 Å². The van der Waals surface area contributed by atoms with Gasteiger partial charge in [-0.1, -0.05) is 6.07 Å². The van der Waals surface area contributed by atoms with Gasteiger partial charge in [-0.2, -0.15) is 18.2 Å². The van der Waals surface area contributed by atoms with Gasteiger partial charge in [0.05, 0.1) is 12.1 Å². The van der Waals surface area contributed by atoms with Gasteiger partial charge in [0.15, 0.2) is 5.65 Å². The summed E-state index contributed by atoms with van der Waals surface area (Å²) < 4.78 is 54.2. The highest BCUT2D eigenvalue weighted by Crippen LogP contribution is 2.46. The topological polar surface area (TPSA) is 79.6 Å². The fourth-order valence-electron chi connectivity index (χ4n) is 3.27. The summed E-state index contributed by atoms with van der Waals surface area (Å²) in [5.41, 5.74) is -0.487. The van der Waals surface area contributed by atoms with Crippen molar-refractivity contribution in [3.05, 3.63) is 59.3 Å². The van der Waals surface area contributed by atoms with Crippen molar-refractivity contribution in [3.63, 3.8) is 0 Å². The Hall–Kier alpha value is -3.50. The van der Waals surface area contributed by atoms with Crippen LogP contribution >= 0.6 is 0 Å². The van der Waals surface area contributed by atoms with Crippen LogP contribution in [0.2, 0.25) is 0 Å². The van der Waals surface area contributed by atoms with Gasteiger partial charge in [-0.05, 0) is 42.3 Å². The van der Waals surface area contributed by atoms with Crippen LogP contribution in [0.1, 0.15) is 33.8 Å². The number of carbonyl (C=O) groups excluding carboxylic acids is 2. The molecule has 3 aromatic rings. The van der Waals surface area contributed by atoms with Crippen molar-refractivity contribution in [1.29, 1.82) is 0 Å². The molecule has 7 nitrogen and oxygen atoms in total. The highest BCUT2D eigenvalue weighted by Gasteiger charge is 2.43. The number of aromatic nitrogens is 3. The van der Waals surface area contributed by atoms with Gasteiger partial charge in [0.1, 0.15) is 6.17 Å². The number of anilines is 1. The van der Waals surface area contributed by atoms with Crippen LogP contribution in [0.25, 0.3) is 5.65 Å². The molecule has 31 heavy (non-hydrogen) atoms. The summed E-state index contributed by atoms with van der Waals surface area (Å²) in [5.74, 6) is -1.98. The number of nitrogens with zero attached hydrogens (tertiary/aromatic N) is 4. The van der Waals surface area contributed by atoms with Gasteiger partial charge in [-0.3, -0.25) is 14.9 Å². The van der Waals surface area contributed by atoms with Crippen LogP contribution in [0.3, 0.4) is 0 Å². The van der Waals surface area contributed by atoms with Crippen molar-refractivity contribution in [1.82, 2.24) is 19.5 Å². The van der Waals surface area contributed by atoms with Crippen LogP contribution < -0.4 is 5.32 Å². The summed E-state index contributed by atoms with van der Waals surface area (Å²) in [6.45, 7) is -0.390. The Labute approximate surface area is 173 Å². The molecule has 0 aliphatic heterocycles. The lowest BCUT2D eigenvalue weighted by Crippen LogP contribution is -2.35. The zero-order chi connectivity index (χ0) is 22.3. The summed E-state index contributed by atoms with van der Waals surface area (Å²) in [4.78, 5) is 30.3. The minimum atomic E-state index is -4.61. The first kappa shape index (κ1) is 20.8. The molecule has 0 unspecified atom stereocenters. The molecular formula is C20H17F4N5O2. The zero-order valence-corrected chi connectivity index (χ0v) is 16.2. The quantitative estimate of drug-likeness (QED) is 0.624. The van der Waals surface area contributed by atoms with Crippen LogP contribution in [0.5, 0.6) is 0 Å². The molecule has 2 heterocycles. The Balaban J connectivity index is 1.49. The SMILES string of the molecule is CN(CC(=O)Nc1nc2ccccn2n1)C(=O)c1ccc(C(F)(F)F)cc1[C@@H]1C[C@H]1F. The van der Waals surface area contributed by atoms with Gasteiger partial charge in [-0.15, -0.1) is 5.10 Å². The van der Waals surface area contributed by atoms with E-state index < -0.39 is 42.2 Å². The average Bonchev–Trinajstić information content (AvgIpc) is 3.29. The molecule has 0 spiro atoms. The first-order valence-electron chi connectivity index (χ1n) is 9.35. The summed E-state index contributed by atoms with van der Waals surface area (Å²) in [7, 11) is 1.33. The molecule has 4 rings (SSSR count). The number of halogens is 4. The number of carbonyl (C=O) groups is 2. The molecule has 1 saturated carbocycles. The lowest BCUT2D eigenvalue weighted by atomic mass is 9.98. The highest BCUT2D eigenvalue weighted by molar-refractivity contribution is 6.00. The largest absolute Gasteiger partial charge is 0.416 e. The lowest BCUT2D eigenvalue weighted by Gasteiger charge is -2.19. The third-order valence-corrected chi connectivity index (χ3v) is 4.94. The lowest BCUT2D eigenvalue weighted by molar-refractivity contribution is -0.137. The fraction of sp³-hybridized carbons (Fsp3) is 0.300. The number of likely N-dealkylation sites (N-methyl/N-ethyl adjacent to an activating group) is 1. The van der Waals surface area contributed by atoms with Crippen molar-refractivity contribution in [3.8, 4) is 0 Å². The second-order valence-electron chi connectivity index (χ2n) is 7.31. The van der Waals surface area contributed by atoms with Gasteiger partial charge in [0.25, 0.3) is 5.91 Å². The van der Waals surface area contributed by atoms with Gasteiger partial charge in [0.2, 0.25) is 11.9 Å². The van der Waals surface area contributed by atoms with E-state index in [4.69, 9.17) is 0 Å². The Morgan fingerprint density at radius 2 is 2.00 bits per heavy atom. The number of nitrogens with one attached hydrogen (secondary N) is 1. The maximum Gasteiger partial charge on any atom is 0.416 e. The number of pyridine rings is 1. The smallest absolute Gasteiger partial charge is 0.332 e. The molecular weight excluding hydrogens is 418 g/mol. The first-order chi connectivity index (χ1) is 14.6.